The van der Waals surface area contributed by atoms with E-state index in [0.717, 1.165) is 0 Å². The molecule has 0 unspecified atom stereocenters. The summed E-state index contributed by atoms with van der Waals surface area (Å²) in [5.41, 5.74) is 0. The van der Waals surface area contributed by atoms with E-state index >= 15 is 0 Å². The second-order valence-corrected chi connectivity index (χ2v) is 1.56. The Bertz CT molecular complexity index is 145. The molecule has 1 atom stereocenters. The highest BCUT2D eigenvalue weighted by Gasteiger charge is 2.18. The topological polar surface area (TPSA) is 89.7 Å². The minimum Gasteiger partial charge on any atom is -0.480 e. The molecule has 0 aromatic rings. The molecule has 0 spiro atoms. The van der Waals surface area contributed by atoms with E-state index in [0.29, 0.717) is 0 Å². The van der Waals surface area contributed by atoms with Crippen molar-refractivity contribution < 1.29 is 19.8 Å². The second-order valence-electron chi connectivity index (χ2n) is 1.56. The average Bonchev–Trinajstić information content (AvgIpc) is 1.81. The summed E-state index contributed by atoms with van der Waals surface area (Å²) in [4.78, 5) is 23.4. The van der Waals surface area contributed by atoms with Gasteiger partial charge < -0.3 is 5.11 Å². The van der Waals surface area contributed by atoms with Gasteiger partial charge in [0.1, 0.15) is 0 Å². The van der Waals surface area contributed by atoms with Gasteiger partial charge in [-0.2, -0.15) is 0 Å². The number of carboxylic acids is 1. The molecule has 0 fully saturated rings. The Labute approximate surface area is 56.5 Å². The quantitative estimate of drug-likeness (QED) is 0.450. The number of aliphatic carboxylic acids is 1. The SMILES string of the molecule is CC[C@@H](O[N+](=O)[O-])C(=O)O. The summed E-state index contributed by atoms with van der Waals surface area (Å²) in [6, 6.07) is 0. The number of nitrogens with zero attached hydrogens (tertiary/aromatic N) is 1. The van der Waals surface area contributed by atoms with E-state index in [1.54, 1.807) is 0 Å². The Balaban J connectivity index is 3.83. The predicted molar refractivity (Wildman–Crippen MR) is 29.8 cm³/mol. The van der Waals surface area contributed by atoms with Crippen LogP contribution in [0.15, 0.2) is 0 Å². The van der Waals surface area contributed by atoms with Crippen LogP contribution in [-0.4, -0.2) is 22.3 Å². The first-order valence-corrected chi connectivity index (χ1v) is 2.62. The summed E-state index contributed by atoms with van der Waals surface area (Å²) in [5.74, 6) is -1.32. The minimum absolute atomic E-state index is 0.0797. The summed E-state index contributed by atoms with van der Waals surface area (Å²) < 4.78 is 0. The molecule has 0 bridgehead atoms. The van der Waals surface area contributed by atoms with Gasteiger partial charge in [-0.3, -0.25) is 4.84 Å². The van der Waals surface area contributed by atoms with Gasteiger partial charge in [-0.25, -0.2) is 4.79 Å². The molecule has 0 aromatic heterocycles. The zero-order chi connectivity index (χ0) is 8.15. The van der Waals surface area contributed by atoms with Crippen LogP contribution in [0.5, 0.6) is 0 Å². The smallest absolute Gasteiger partial charge is 0.332 e. The van der Waals surface area contributed by atoms with Crippen LogP contribution in [0.2, 0.25) is 0 Å². The van der Waals surface area contributed by atoms with Crippen LogP contribution in [0, 0.1) is 10.1 Å². The lowest BCUT2D eigenvalue weighted by atomic mass is 10.3. The van der Waals surface area contributed by atoms with E-state index in [2.05, 4.69) is 4.84 Å². The number of rotatable bonds is 4. The summed E-state index contributed by atoms with van der Waals surface area (Å²) in [6.45, 7) is 1.49. The molecule has 0 heterocycles. The van der Waals surface area contributed by atoms with E-state index in [1.165, 1.54) is 6.92 Å². The van der Waals surface area contributed by atoms with Crippen molar-refractivity contribution in [2.24, 2.45) is 0 Å². The van der Waals surface area contributed by atoms with Crippen LogP contribution < -0.4 is 0 Å². The van der Waals surface area contributed by atoms with Crippen molar-refractivity contribution >= 4 is 5.97 Å². The fourth-order valence-corrected chi connectivity index (χ4v) is 0.398. The molecular formula is C4H7NO5. The molecule has 0 saturated heterocycles. The Morgan fingerprint density at radius 3 is 2.50 bits per heavy atom. The second kappa shape index (κ2) is 3.65. The van der Waals surface area contributed by atoms with Gasteiger partial charge in [-0.15, -0.1) is 10.1 Å². The number of carboxylic acid groups (broad SMARTS) is 1. The highest BCUT2D eigenvalue weighted by atomic mass is 17.0. The lowest BCUT2D eigenvalue weighted by Gasteiger charge is -2.04. The standard InChI is InChI=1S/C4H7NO5/c1-2-3(4(6)7)10-5(8)9/h3H,2H2,1H3,(H,6,7)/t3-/m1/s1. The fourth-order valence-electron chi connectivity index (χ4n) is 0.398. The van der Waals surface area contributed by atoms with Gasteiger partial charge >= 0.3 is 5.97 Å². The van der Waals surface area contributed by atoms with Crippen molar-refractivity contribution in [2.75, 3.05) is 0 Å². The van der Waals surface area contributed by atoms with E-state index < -0.39 is 17.2 Å². The molecule has 0 radical (unpaired) electrons. The van der Waals surface area contributed by atoms with Crippen LogP contribution in [0.25, 0.3) is 0 Å². The summed E-state index contributed by atoms with van der Waals surface area (Å²) in [6.07, 6.45) is -1.26. The van der Waals surface area contributed by atoms with E-state index in [9.17, 15) is 14.9 Å². The third kappa shape index (κ3) is 2.85. The fraction of sp³-hybridized carbons (Fsp3) is 0.750. The third-order valence-electron chi connectivity index (χ3n) is 0.860. The molecule has 58 valence electrons. The van der Waals surface area contributed by atoms with Crippen LogP contribution in [0.1, 0.15) is 13.3 Å². The summed E-state index contributed by atoms with van der Waals surface area (Å²) >= 11 is 0. The lowest BCUT2D eigenvalue weighted by Crippen LogP contribution is -2.25. The Kier molecular flexibility index (Phi) is 3.16. The average molecular weight is 149 g/mol. The van der Waals surface area contributed by atoms with Crippen molar-refractivity contribution in [3.63, 3.8) is 0 Å². The van der Waals surface area contributed by atoms with Gasteiger partial charge in [0, 0.05) is 0 Å². The lowest BCUT2D eigenvalue weighted by molar-refractivity contribution is -0.765. The van der Waals surface area contributed by atoms with Crippen LogP contribution in [0.3, 0.4) is 0 Å². The Morgan fingerprint density at radius 1 is 1.90 bits per heavy atom. The summed E-state index contributed by atoms with van der Waals surface area (Å²) in [7, 11) is 0. The molecule has 0 rings (SSSR count). The number of hydrogen-bond donors (Lipinski definition) is 1. The van der Waals surface area contributed by atoms with E-state index in [1.807, 2.05) is 0 Å². The first-order valence-electron chi connectivity index (χ1n) is 2.62. The monoisotopic (exact) mass is 149 g/mol. The molecular weight excluding hydrogens is 142 g/mol. The molecule has 0 aliphatic rings. The third-order valence-corrected chi connectivity index (χ3v) is 0.860. The molecule has 6 nitrogen and oxygen atoms in total. The van der Waals surface area contributed by atoms with Crippen molar-refractivity contribution in [3.8, 4) is 0 Å². The maximum atomic E-state index is 10.0. The molecule has 0 aliphatic heterocycles. The zero-order valence-corrected chi connectivity index (χ0v) is 5.31. The predicted octanol–water partition coefficient (Wildman–Crippen LogP) is 0.0579. The van der Waals surface area contributed by atoms with Crippen molar-refractivity contribution in [3.05, 3.63) is 10.1 Å². The van der Waals surface area contributed by atoms with Crippen LogP contribution >= 0.6 is 0 Å². The van der Waals surface area contributed by atoms with Gasteiger partial charge in [0.15, 0.2) is 0 Å². The van der Waals surface area contributed by atoms with Gasteiger partial charge in [-0.1, -0.05) is 6.92 Å². The molecule has 10 heavy (non-hydrogen) atoms. The van der Waals surface area contributed by atoms with Crippen molar-refractivity contribution in [2.45, 2.75) is 19.4 Å². The first kappa shape index (κ1) is 8.67. The Morgan fingerprint density at radius 2 is 2.40 bits per heavy atom. The number of carbonyl (C=O) groups is 1. The maximum absolute atomic E-state index is 10.0. The molecule has 0 aromatic carbocycles. The van der Waals surface area contributed by atoms with E-state index in [-0.39, 0.29) is 6.42 Å². The highest BCUT2D eigenvalue weighted by Crippen LogP contribution is 1.96. The normalized spacial score (nSPS) is 12.1. The minimum atomic E-state index is -1.34. The molecule has 0 aliphatic carbocycles. The van der Waals surface area contributed by atoms with Crippen LogP contribution in [-0.2, 0) is 9.63 Å². The zero-order valence-electron chi connectivity index (χ0n) is 5.31. The molecule has 6 heteroatoms. The maximum Gasteiger partial charge on any atom is 0.332 e. The van der Waals surface area contributed by atoms with Gasteiger partial charge in [0.25, 0.3) is 5.09 Å². The van der Waals surface area contributed by atoms with Gasteiger partial charge in [0.2, 0.25) is 6.10 Å². The summed E-state index contributed by atoms with van der Waals surface area (Å²) in [5, 5.41) is 16.7. The highest BCUT2D eigenvalue weighted by molar-refractivity contribution is 5.71. The van der Waals surface area contributed by atoms with Gasteiger partial charge in [0.05, 0.1) is 0 Å². The first-order chi connectivity index (χ1) is 4.57. The van der Waals surface area contributed by atoms with E-state index in [4.69, 9.17) is 5.11 Å². The molecule has 0 saturated carbocycles. The largest absolute Gasteiger partial charge is 0.480 e. The molecule has 1 N–H and O–H groups in total. The van der Waals surface area contributed by atoms with Crippen molar-refractivity contribution in [1.82, 2.24) is 0 Å². The van der Waals surface area contributed by atoms with Crippen molar-refractivity contribution in [1.29, 1.82) is 0 Å². The molecule has 0 amide bonds. The number of hydrogen-bond acceptors (Lipinski definition) is 4. The van der Waals surface area contributed by atoms with Gasteiger partial charge in [-0.05, 0) is 6.42 Å². The Hall–Kier alpha value is -1.33. The van der Waals surface area contributed by atoms with Crippen LogP contribution in [0.4, 0.5) is 0 Å².